The van der Waals surface area contributed by atoms with Crippen molar-refractivity contribution in [2.45, 2.75) is 18.8 Å². The number of amides is 3. The summed E-state index contributed by atoms with van der Waals surface area (Å²) in [7, 11) is 4.39. The van der Waals surface area contributed by atoms with E-state index in [2.05, 4.69) is 15.9 Å². The van der Waals surface area contributed by atoms with E-state index in [1.54, 1.807) is 48.5 Å². The van der Waals surface area contributed by atoms with Crippen LogP contribution in [0.5, 0.6) is 5.75 Å². The SMILES string of the molecule is COc1cccc(C(=O)N(CC(OC)OC)C2CC(=O)N(c3ccc(Br)cc3)C2=O)c1. The Morgan fingerprint density at radius 1 is 1.13 bits per heavy atom. The molecular formula is C22H23BrN2O6. The molecule has 9 heteroatoms. The largest absolute Gasteiger partial charge is 0.497 e. The number of hydrogen-bond donors (Lipinski definition) is 0. The molecule has 0 N–H and O–H groups in total. The van der Waals surface area contributed by atoms with E-state index in [4.69, 9.17) is 14.2 Å². The molecule has 1 heterocycles. The van der Waals surface area contributed by atoms with Crippen molar-refractivity contribution in [3.8, 4) is 5.75 Å². The van der Waals surface area contributed by atoms with Gasteiger partial charge in [0.15, 0.2) is 6.29 Å². The van der Waals surface area contributed by atoms with Crippen LogP contribution in [0.1, 0.15) is 16.8 Å². The topological polar surface area (TPSA) is 85.4 Å². The molecule has 3 rings (SSSR count). The van der Waals surface area contributed by atoms with Gasteiger partial charge in [-0.05, 0) is 42.5 Å². The Kier molecular flexibility index (Phi) is 7.42. The maximum Gasteiger partial charge on any atom is 0.257 e. The summed E-state index contributed by atoms with van der Waals surface area (Å²) in [5.74, 6) is -0.783. The number of ether oxygens (including phenoxy) is 3. The highest BCUT2D eigenvalue weighted by Crippen LogP contribution is 2.28. The fourth-order valence-corrected chi connectivity index (χ4v) is 3.66. The minimum Gasteiger partial charge on any atom is -0.497 e. The number of nitrogens with zero attached hydrogens (tertiary/aromatic N) is 2. The minimum atomic E-state index is -0.984. The van der Waals surface area contributed by atoms with E-state index in [0.717, 1.165) is 9.37 Å². The minimum absolute atomic E-state index is 0.0269. The van der Waals surface area contributed by atoms with Crippen LogP contribution in [-0.4, -0.2) is 62.8 Å². The molecule has 0 radical (unpaired) electrons. The second-order valence-electron chi connectivity index (χ2n) is 6.85. The van der Waals surface area contributed by atoms with Crippen molar-refractivity contribution in [1.29, 1.82) is 0 Å². The van der Waals surface area contributed by atoms with Crippen LogP contribution in [0.2, 0.25) is 0 Å². The van der Waals surface area contributed by atoms with Crippen molar-refractivity contribution in [3.05, 3.63) is 58.6 Å². The zero-order valence-electron chi connectivity index (χ0n) is 17.4. The van der Waals surface area contributed by atoms with Crippen LogP contribution in [-0.2, 0) is 19.1 Å². The van der Waals surface area contributed by atoms with Crippen molar-refractivity contribution in [2.75, 3.05) is 32.8 Å². The van der Waals surface area contributed by atoms with Crippen LogP contribution in [0.3, 0.4) is 0 Å². The molecule has 1 aliphatic heterocycles. The van der Waals surface area contributed by atoms with Gasteiger partial charge >= 0.3 is 0 Å². The van der Waals surface area contributed by atoms with E-state index in [0.29, 0.717) is 17.0 Å². The summed E-state index contributed by atoms with van der Waals surface area (Å²) in [4.78, 5) is 41.8. The third-order valence-corrected chi connectivity index (χ3v) is 5.56. The molecule has 8 nitrogen and oxygen atoms in total. The Hall–Kier alpha value is -2.75. The molecule has 0 aliphatic carbocycles. The summed E-state index contributed by atoms with van der Waals surface area (Å²) < 4.78 is 16.5. The van der Waals surface area contributed by atoms with E-state index >= 15 is 0 Å². The Morgan fingerprint density at radius 2 is 1.81 bits per heavy atom. The quantitative estimate of drug-likeness (QED) is 0.417. The summed E-state index contributed by atoms with van der Waals surface area (Å²) in [5.41, 5.74) is 0.775. The zero-order chi connectivity index (χ0) is 22.5. The molecule has 1 atom stereocenters. The van der Waals surface area contributed by atoms with E-state index in [1.165, 1.54) is 26.2 Å². The van der Waals surface area contributed by atoms with Gasteiger partial charge in [-0.3, -0.25) is 14.4 Å². The second-order valence-corrected chi connectivity index (χ2v) is 7.77. The number of anilines is 1. The van der Waals surface area contributed by atoms with E-state index < -0.39 is 24.1 Å². The number of rotatable bonds is 8. The highest BCUT2D eigenvalue weighted by molar-refractivity contribution is 9.10. The van der Waals surface area contributed by atoms with Gasteiger partial charge in [-0.25, -0.2) is 4.90 Å². The van der Waals surface area contributed by atoms with Crippen LogP contribution in [0, 0.1) is 0 Å². The summed E-state index contributed by atoms with van der Waals surface area (Å²) >= 11 is 3.34. The number of carbonyl (C=O) groups is 3. The van der Waals surface area contributed by atoms with Gasteiger partial charge in [-0.2, -0.15) is 0 Å². The maximum atomic E-state index is 13.4. The van der Waals surface area contributed by atoms with Crippen LogP contribution in [0.15, 0.2) is 53.0 Å². The predicted octanol–water partition coefficient (Wildman–Crippen LogP) is 2.85. The van der Waals surface area contributed by atoms with Crippen LogP contribution in [0.25, 0.3) is 0 Å². The maximum absolute atomic E-state index is 13.4. The van der Waals surface area contributed by atoms with Gasteiger partial charge in [0, 0.05) is 24.3 Å². The first kappa shape index (κ1) is 22.9. The summed E-state index contributed by atoms with van der Waals surface area (Å²) in [5, 5.41) is 0. The first-order chi connectivity index (χ1) is 14.9. The standard InChI is InChI=1S/C22H23BrN2O6/c1-29-17-6-4-5-14(11-17)21(27)24(13-20(30-2)31-3)18-12-19(26)25(22(18)28)16-9-7-15(23)8-10-16/h4-11,18,20H,12-13H2,1-3H3. The highest BCUT2D eigenvalue weighted by atomic mass is 79.9. The first-order valence-corrected chi connectivity index (χ1v) is 10.3. The van der Waals surface area contributed by atoms with Crippen molar-refractivity contribution < 1.29 is 28.6 Å². The molecule has 31 heavy (non-hydrogen) atoms. The third-order valence-electron chi connectivity index (χ3n) is 5.03. The zero-order valence-corrected chi connectivity index (χ0v) is 19.0. The predicted molar refractivity (Wildman–Crippen MR) is 117 cm³/mol. The molecule has 2 aromatic carbocycles. The highest BCUT2D eigenvalue weighted by Gasteiger charge is 2.45. The molecule has 1 unspecified atom stereocenters. The monoisotopic (exact) mass is 490 g/mol. The number of halogens is 1. The summed E-state index contributed by atoms with van der Waals surface area (Å²) in [6, 6.07) is 12.5. The lowest BCUT2D eigenvalue weighted by atomic mass is 10.1. The van der Waals surface area contributed by atoms with Gasteiger partial charge in [-0.1, -0.05) is 22.0 Å². The Bertz CT molecular complexity index is 961. The molecule has 0 spiro atoms. The number of carbonyl (C=O) groups excluding carboxylic acids is 3. The second kappa shape index (κ2) is 10.0. The normalized spacial score (nSPS) is 16.2. The average Bonchev–Trinajstić information content (AvgIpc) is 3.08. The Balaban J connectivity index is 1.95. The van der Waals surface area contributed by atoms with Crippen LogP contribution >= 0.6 is 15.9 Å². The molecule has 0 saturated carbocycles. The van der Waals surface area contributed by atoms with E-state index in [-0.39, 0.29) is 18.9 Å². The van der Waals surface area contributed by atoms with Gasteiger partial charge in [0.1, 0.15) is 11.8 Å². The van der Waals surface area contributed by atoms with Crippen molar-refractivity contribution >= 4 is 39.3 Å². The van der Waals surface area contributed by atoms with Gasteiger partial charge in [-0.15, -0.1) is 0 Å². The lowest BCUT2D eigenvalue weighted by molar-refractivity contribution is -0.128. The lowest BCUT2D eigenvalue weighted by Crippen LogP contribution is -2.49. The fourth-order valence-electron chi connectivity index (χ4n) is 3.40. The lowest BCUT2D eigenvalue weighted by Gasteiger charge is -2.30. The van der Waals surface area contributed by atoms with Crippen molar-refractivity contribution in [3.63, 3.8) is 0 Å². The van der Waals surface area contributed by atoms with Gasteiger partial charge in [0.25, 0.3) is 11.8 Å². The fraction of sp³-hybridized carbons (Fsp3) is 0.318. The molecule has 2 aromatic rings. The van der Waals surface area contributed by atoms with Gasteiger partial charge in [0.2, 0.25) is 5.91 Å². The van der Waals surface area contributed by atoms with Crippen LogP contribution in [0.4, 0.5) is 5.69 Å². The molecular weight excluding hydrogens is 468 g/mol. The Morgan fingerprint density at radius 3 is 2.42 bits per heavy atom. The van der Waals surface area contributed by atoms with Crippen molar-refractivity contribution in [2.24, 2.45) is 0 Å². The summed E-state index contributed by atoms with van der Waals surface area (Å²) in [6.07, 6.45) is -0.899. The molecule has 0 bridgehead atoms. The van der Waals surface area contributed by atoms with E-state index in [1.807, 2.05) is 0 Å². The average molecular weight is 491 g/mol. The van der Waals surface area contributed by atoms with Crippen molar-refractivity contribution in [1.82, 2.24) is 4.90 Å². The van der Waals surface area contributed by atoms with Gasteiger partial charge < -0.3 is 19.1 Å². The third kappa shape index (κ3) is 4.95. The Labute approximate surface area is 188 Å². The molecule has 3 amide bonds. The number of imide groups is 1. The number of benzene rings is 2. The smallest absolute Gasteiger partial charge is 0.257 e. The van der Waals surface area contributed by atoms with Crippen LogP contribution < -0.4 is 9.64 Å². The molecule has 0 aromatic heterocycles. The molecule has 164 valence electrons. The molecule has 1 fully saturated rings. The van der Waals surface area contributed by atoms with E-state index in [9.17, 15) is 14.4 Å². The number of methoxy groups -OCH3 is 3. The first-order valence-electron chi connectivity index (χ1n) is 9.52. The molecule has 1 aliphatic rings. The van der Waals surface area contributed by atoms with Gasteiger partial charge in [0.05, 0.1) is 25.8 Å². The molecule has 1 saturated heterocycles. The summed E-state index contributed by atoms with van der Waals surface area (Å²) in [6.45, 7) is -0.0269. The number of hydrogen-bond acceptors (Lipinski definition) is 6.